The molecule has 2 aromatic carbocycles. The van der Waals surface area contributed by atoms with Gasteiger partial charge in [0.15, 0.2) is 0 Å². The van der Waals surface area contributed by atoms with Crippen LogP contribution in [0.3, 0.4) is 0 Å². The fourth-order valence-electron chi connectivity index (χ4n) is 3.34. The minimum Gasteiger partial charge on any atom is -0.309 e. The zero-order valence-electron chi connectivity index (χ0n) is 11.9. The van der Waals surface area contributed by atoms with Gasteiger partial charge in [0.2, 0.25) is 0 Å². The predicted octanol–water partition coefficient (Wildman–Crippen LogP) is 3.17. The van der Waals surface area contributed by atoms with Gasteiger partial charge < -0.3 is 5.32 Å². The summed E-state index contributed by atoms with van der Waals surface area (Å²) in [6.07, 6.45) is 4.17. The Bertz CT molecular complexity index is 603. The number of benzene rings is 2. The van der Waals surface area contributed by atoms with Crippen molar-refractivity contribution in [1.82, 2.24) is 10.2 Å². The van der Waals surface area contributed by atoms with Crippen LogP contribution in [0.25, 0.3) is 10.8 Å². The van der Waals surface area contributed by atoms with Crippen LogP contribution < -0.4 is 5.32 Å². The van der Waals surface area contributed by atoms with Crippen molar-refractivity contribution >= 4 is 10.8 Å². The summed E-state index contributed by atoms with van der Waals surface area (Å²) in [4.78, 5) is 2.66. The Kier molecular flexibility index (Phi) is 3.21. The predicted molar refractivity (Wildman–Crippen MR) is 83.8 cm³/mol. The van der Waals surface area contributed by atoms with E-state index in [0.717, 1.165) is 12.6 Å². The Morgan fingerprint density at radius 3 is 2.70 bits per heavy atom. The van der Waals surface area contributed by atoms with Crippen molar-refractivity contribution < 1.29 is 0 Å². The highest BCUT2D eigenvalue weighted by Crippen LogP contribution is 2.29. The lowest BCUT2D eigenvalue weighted by Crippen LogP contribution is -2.32. The van der Waals surface area contributed by atoms with Crippen LogP contribution >= 0.6 is 0 Å². The van der Waals surface area contributed by atoms with Gasteiger partial charge in [-0.1, -0.05) is 36.4 Å². The molecule has 0 amide bonds. The normalized spacial score (nSPS) is 23.5. The highest BCUT2D eigenvalue weighted by atomic mass is 15.2. The molecule has 1 saturated carbocycles. The minimum absolute atomic E-state index is 0.682. The smallest absolute Gasteiger partial charge is 0.0210 e. The number of rotatable bonds is 4. The van der Waals surface area contributed by atoms with E-state index in [0.29, 0.717) is 6.04 Å². The van der Waals surface area contributed by atoms with Crippen molar-refractivity contribution in [2.24, 2.45) is 0 Å². The third kappa shape index (κ3) is 2.58. The molecule has 2 nitrogen and oxygen atoms in total. The van der Waals surface area contributed by atoms with Crippen LogP contribution in [0.15, 0.2) is 42.5 Å². The van der Waals surface area contributed by atoms with E-state index in [2.05, 4.69) is 52.7 Å². The van der Waals surface area contributed by atoms with Gasteiger partial charge in [-0.05, 0) is 41.7 Å². The third-order valence-corrected chi connectivity index (χ3v) is 4.69. The van der Waals surface area contributed by atoms with Gasteiger partial charge >= 0.3 is 0 Å². The molecular formula is C18H22N2. The molecule has 2 heteroatoms. The van der Waals surface area contributed by atoms with Gasteiger partial charge in [-0.25, -0.2) is 0 Å². The Balaban J connectivity index is 1.38. The van der Waals surface area contributed by atoms with Gasteiger partial charge in [0.05, 0.1) is 0 Å². The molecule has 1 saturated heterocycles. The highest BCUT2D eigenvalue weighted by Gasteiger charge is 2.33. The van der Waals surface area contributed by atoms with E-state index >= 15 is 0 Å². The molecular weight excluding hydrogens is 244 g/mol. The average molecular weight is 266 g/mol. The summed E-state index contributed by atoms with van der Waals surface area (Å²) in [6.45, 7) is 3.53. The molecule has 0 bridgehead atoms. The lowest BCUT2D eigenvalue weighted by molar-refractivity contribution is 0.317. The number of nitrogens with zero attached hydrogens (tertiary/aromatic N) is 1. The second kappa shape index (κ2) is 5.19. The molecule has 2 aromatic rings. The fraction of sp³-hybridized carbons (Fsp3) is 0.444. The maximum atomic E-state index is 3.73. The summed E-state index contributed by atoms with van der Waals surface area (Å²) in [6, 6.07) is 17.0. The SMILES string of the molecule is c1ccc2cc(CNC3CCN(C4CC4)C3)ccc2c1. The van der Waals surface area contributed by atoms with Gasteiger partial charge in [0.25, 0.3) is 0 Å². The molecule has 2 aliphatic rings. The molecule has 104 valence electrons. The first-order valence-electron chi connectivity index (χ1n) is 7.83. The van der Waals surface area contributed by atoms with Crippen LogP contribution in [-0.2, 0) is 6.54 Å². The first-order valence-corrected chi connectivity index (χ1v) is 7.83. The van der Waals surface area contributed by atoms with Crippen LogP contribution in [0.1, 0.15) is 24.8 Å². The van der Waals surface area contributed by atoms with E-state index in [4.69, 9.17) is 0 Å². The fourth-order valence-corrected chi connectivity index (χ4v) is 3.34. The molecule has 4 rings (SSSR count). The van der Waals surface area contributed by atoms with Crippen molar-refractivity contribution in [3.05, 3.63) is 48.0 Å². The summed E-state index contributed by atoms with van der Waals surface area (Å²) in [5.41, 5.74) is 1.40. The Hall–Kier alpha value is -1.38. The van der Waals surface area contributed by atoms with E-state index in [1.54, 1.807) is 0 Å². The third-order valence-electron chi connectivity index (χ3n) is 4.69. The summed E-state index contributed by atoms with van der Waals surface area (Å²) >= 11 is 0. The van der Waals surface area contributed by atoms with E-state index in [9.17, 15) is 0 Å². The van der Waals surface area contributed by atoms with Crippen molar-refractivity contribution in [3.63, 3.8) is 0 Å². The molecule has 1 aliphatic carbocycles. The van der Waals surface area contributed by atoms with Gasteiger partial charge in [0, 0.05) is 31.7 Å². The number of likely N-dealkylation sites (tertiary alicyclic amines) is 1. The maximum Gasteiger partial charge on any atom is 0.0210 e. The van der Waals surface area contributed by atoms with Crippen molar-refractivity contribution in [2.45, 2.75) is 37.9 Å². The molecule has 0 spiro atoms. The monoisotopic (exact) mass is 266 g/mol. The van der Waals surface area contributed by atoms with Crippen LogP contribution in [0.4, 0.5) is 0 Å². The Morgan fingerprint density at radius 2 is 1.85 bits per heavy atom. The first kappa shape index (κ1) is 12.4. The first-order chi connectivity index (χ1) is 9.88. The minimum atomic E-state index is 0.682. The topological polar surface area (TPSA) is 15.3 Å². The standard InChI is InChI=1S/C18H22N2/c1-2-4-16-11-14(5-6-15(16)3-1)12-19-17-9-10-20(13-17)18-7-8-18/h1-6,11,17-19H,7-10,12-13H2. The van der Waals surface area contributed by atoms with Gasteiger partial charge in [-0.15, -0.1) is 0 Å². The quantitative estimate of drug-likeness (QED) is 0.914. The van der Waals surface area contributed by atoms with Crippen molar-refractivity contribution in [1.29, 1.82) is 0 Å². The van der Waals surface area contributed by atoms with Gasteiger partial charge in [0.1, 0.15) is 0 Å². The number of nitrogens with one attached hydrogen (secondary N) is 1. The summed E-state index contributed by atoms with van der Waals surface area (Å²) < 4.78 is 0. The lowest BCUT2D eigenvalue weighted by atomic mass is 10.1. The van der Waals surface area contributed by atoms with Crippen molar-refractivity contribution in [2.75, 3.05) is 13.1 Å². The van der Waals surface area contributed by atoms with E-state index in [1.807, 2.05) is 0 Å². The molecule has 0 aromatic heterocycles. The maximum absolute atomic E-state index is 3.73. The second-order valence-electron chi connectivity index (χ2n) is 6.27. The molecule has 1 atom stereocenters. The molecule has 2 fully saturated rings. The number of hydrogen-bond donors (Lipinski definition) is 1. The van der Waals surface area contributed by atoms with E-state index in [1.165, 1.54) is 48.7 Å². The van der Waals surface area contributed by atoms with Crippen LogP contribution in [0.2, 0.25) is 0 Å². The van der Waals surface area contributed by atoms with Gasteiger partial charge in [-0.3, -0.25) is 4.90 Å². The summed E-state index contributed by atoms with van der Waals surface area (Å²) in [5.74, 6) is 0. The zero-order chi connectivity index (χ0) is 13.4. The molecule has 1 aliphatic heterocycles. The lowest BCUT2D eigenvalue weighted by Gasteiger charge is -2.16. The number of hydrogen-bond acceptors (Lipinski definition) is 2. The highest BCUT2D eigenvalue weighted by molar-refractivity contribution is 5.82. The van der Waals surface area contributed by atoms with E-state index < -0.39 is 0 Å². The molecule has 1 unspecified atom stereocenters. The molecule has 20 heavy (non-hydrogen) atoms. The molecule has 1 N–H and O–H groups in total. The molecule has 1 heterocycles. The Labute approximate surface area is 120 Å². The average Bonchev–Trinajstić information content (AvgIpc) is 3.24. The van der Waals surface area contributed by atoms with Crippen LogP contribution in [-0.4, -0.2) is 30.1 Å². The Morgan fingerprint density at radius 1 is 1.00 bits per heavy atom. The number of fused-ring (bicyclic) bond motifs is 1. The van der Waals surface area contributed by atoms with E-state index in [-0.39, 0.29) is 0 Å². The summed E-state index contributed by atoms with van der Waals surface area (Å²) in [7, 11) is 0. The van der Waals surface area contributed by atoms with Crippen LogP contribution in [0, 0.1) is 0 Å². The van der Waals surface area contributed by atoms with Crippen molar-refractivity contribution in [3.8, 4) is 0 Å². The van der Waals surface area contributed by atoms with Crippen LogP contribution in [0.5, 0.6) is 0 Å². The second-order valence-corrected chi connectivity index (χ2v) is 6.27. The largest absolute Gasteiger partial charge is 0.309 e. The summed E-state index contributed by atoms with van der Waals surface area (Å²) in [5, 5.41) is 6.41. The molecule has 0 radical (unpaired) electrons. The zero-order valence-corrected chi connectivity index (χ0v) is 11.9. The van der Waals surface area contributed by atoms with Gasteiger partial charge in [-0.2, -0.15) is 0 Å².